The van der Waals surface area contributed by atoms with E-state index in [9.17, 15) is 33.6 Å². The van der Waals surface area contributed by atoms with Crippen LogP contribution in [0, 0.1) is 0 Å². The molecule has 230 valence electrons. The van der Waals surface area contributed by atoms with Gasteiger partial charge in [-0.15, -0.1) is 0 Å². The molecular formula is C27H33NO14. The number of hydrogen-bond donors (Lipinski definition) is 1. The van der Waals surface area contributed by atoms with E-state index in [-0.39, 0.29) is 5.75 Å². The summed E-state index contributed by atoms with van der Waals surface area (Å²) in [5, 5.41) is 2.56. The number of carbonyl (C=O) groups excluding carboxylic acids is 7. The number of nitrogens with one attached hydrogen (secondary N) is 1. The van der Waals surface area contributed by atoms with Gasteiger partial charge in [-0.05, 0) is 24.3 Å². The number of esters is 5. The van der Waals surface area contributed by atoms with Crippen LogP contribution in [-0.4, -0.2) is 92.0 Å². The normalized spacial score (nSPS) is 22.8. The summed E-state index contributed by atoms with van der Waals surface area (Å²) in [6.45, 7) is 4.77. The molecule has 0 radical (unpaired) electrons. The van der Waals surface area contributed by atoms with E-state index in [0.717, 1.165) is 41.7 Å². The van der Waals surface area contributed by atoms with Crippen molar-refractivity contribution in [2.75, 3.05) is 13.7 Å². The van der Waals surface area contributed by atoms with Gasteiger partial charge in [0, 0.05) is 40.2 Å². The molecular weight excluding hydrogens is 562 g/mol. The summed E-state index contributed by atoms with van der Waals surface area (Å²) in [6, 6.07) is 4.19. The van der Waals surface area contributed by atoms with Gasteiger partial charge in [0.05, 0.1) is 19.6 Å². The Hall–Kier alpha value is -4.53. The number of rotatable bonds is 12. The highest BCUT2D eigenvalue weighted by molar-refractivity contribution is 5.79. The van der Waals surface area contributed by atoms with Gasteiger partial charge >= 0.3 is 35.6 Å². The molecule has 2 unspecified atom stereocenters. The van der Waals surface area contributed by atoms with Crippen LogP contribution in [0.3, 0.4) is 0 Å². The van der Waals surface area contributed by atoms with E-state index in [2.05, 4.69) is 5.32 Å². The van der Waals surface area contributed by atoms with E-state index in [1.165, 1.54) is 24.3 Å². The monoisotopic (exact) mass is 595 g/mol. The molecule has 1 amide bonds. The largest absolute Gasteiger partial charge is 0.464 e. The Labute approximate surface area is 241 Å². The second-order valence-electron chi connectivity index (χ2n) is 9.22. The van der Waals surface area contributed by atoms with Crippen molar-refractivity contribution in [2.45, 2.75) is 77.3 Å². The Bertz CT molecular complexity index is 1180. The quantitative estimate of drug-likeness (QED) is 0.198. The van der Waals surface area contributed by atoms with Crippen LogP contribution < -0.4 is 10.1 Å². The molecule has 1 aliphatic rings. The highest BCUT2D eigenvalue weighted by Gasteiger charge is 2.60. The maximum absolute atomic E-state index is 13.3. The molecule has 1 aromatic carbocycles. The average molecular weight is 596 g/mol. The minimum atomic E-state index is -2.40. The Kier molecular flexibility index (Phi) is 12.0. The zero-order chi connectivity index (χ0) is 31.6. The lowest BCUT2D eigenvalue weighted by molar-refractivity contribution is -0.289. The minimum Gasteiger partial charge on any atom is -0.464 e. The molecule has 0 aromatic heterocycles. The van der Waals surface area contributed by atoms with Crippen molar-refractivity contribution in [3.63, 3.8) is 0 Å². The summed E-state index contributed by atoms with van der Waals surface area (Å²) in [6.07, 6.45) is -6.18. The third kappa shape index (κ3) is 9.26. The molecule has 42 heavy (non-hydrogen) atoms. The van der Waals surface area contributed by atoms with E-state index >= 15 is 0 Å². The fourth-order valence-electron chi connectivity index (χ4n) is 4.31. The first-order chi connectivity index (χ1) is 19.7. The van der Waals surface area contributed by atoms with Gasteiger partial charge < -0.3 is 38.5 Å². The number of aldehydes is 1. The Balaban J connectivity index is 2.78. The molecule has 1 aromatic rings. The number of carbonyl (C=O) groups is 7. The van der Waals surface area contributed by atoms with Gasteiger partial charge in [0.25, 0.3) is 0 Å². The van der Waals surface area contributed by atoms with E-state index in [1.54, 1.807) is 0 Å². The van der Waals surface area contributed by atoms with Crippen LogP contribution in [0.4, 0.5) is 0 Å². The zero-order valence-electron chi connectivity index (χ0n) is 23.9. The molecule has 1 fully saturated rings. The third-order valence-corrected chi connectivity index (χ3v) is 5.79. The van der Waals surface area contributed by atoms with Crippen LogP contribution >= 0.6 is 0 Å². The molecule has 1 saturated heterocycles. The van der Waals surface area contributed by atoms with Crippen molar-refractivity contribution in [2.24, 2.45) is 0 Å². The van der Waals surface area contributed by atoms with Crippen molar-refractivity contribution >= 4 is 42.0 Å². The van der Waals surface area contributed by atoms with E-state index in [0.29, 0.717) is 11.8 Å². The highest BCUT2D eigenvalue weighted by Crippen LogP contribution is 2.38. The first-order valence-electron chi connectivity index (χ1n) is 12.6. The third-order valence-electron chi connectivity index (χ3n) is 5.79. The predicted octanol–water partition coefficient (Wildman–Crippen LogP) is 0.399. The molecule has 0 spiro atoms. The summed E-state index contributed by atoms with van der Waals surface area (Å²) >= 11 is 0. The smallest absolute Gasteiger partial charge is 0.379 e. The van der Waals surface area contributed by atoms with Gasteiger partial charge in [0.2, 0.25) is 5.91 Å². The number of hydrogen-bond acceptors (Lipinski definition) is 14. The molecule has 2 rings (SSSR count). The Morgan fingerprint density at radius 3 is 2.05 bits per heavy atom. The van der Waals surface area contributed by atoms with Crippen LogP contribution in [0.1, 0.15) is 51.4 Å². The molecule has 0 saturated carbocycles. The fraction of sp³-hybridized carbons (Fsp3) is 0.519. The van der Waals surface area contributed by atoms with E-state index in [4.69, 9.17) is 33.2 Å². The highest BCUT2D eigenvalue weighted by atomic mass is 16.7. The number of benzene rings is 1. The van der Waals surface area contributed by atoms with Gasteiger partial charge in [-0.3, -0.25) is 28.8 Å². The lowest BCUT2D eigenvalue weighted by Gasteiger charge is -2.48. The number of amides is 1. The van der Waals surface area contributed by atoms with Gasteiger partial charge in [0.15, 0.2) is 12.2 Å². The standard InChI is InChI=1S/C27H33NO14/c1-14(30)28-23-21(38-16(3)32)11-27(26(35)36-6,41-20-9-7-19(12-29)8-10-20)42-25(23)24(40-18(5)34)22(39-17(4)33)13-37-15(2)31/h7-10,12,21-25H,11,13H2,1-6H3,(H,28,30)/t21-,22+,23+,24+,25?,27?/m0/s1. The van der Waals surface area contributed by atoms with Crippen LogP contribution in [-0.2, 0) is 57.2 Å². The van der Waals surface area contributed by atoms with E-state index < -0.39 is 85.0 Å². The van der Waals surface area contributed by atoms with E-state index in [1.807, 2.05) is 0 Å². The SMILES string of the molecule is COC(=O)C1(Oc2ccc(C=O)cc2)C[C@H](OC(C)=O)[C@@H](NC(C)=O)C([C@H](OC(C)=O)[C@@H](COC(C)=O)OC(C)=O)O1. The van der Waals surface area contributed by atoms with Crippen molar-refractivity contribution in [3.05, 3.63) is 29.8 Å². The second kappa shape index (κ2) is 14.9. The second-order valence-corrected chi connectivity index (χ2v) is 9.22. The lowest BCUT2D eigenvalue weighted by Crippen LogP contribution is -2.70. The first-order valence-corrected chi connectivity index (χ1v) is 12.6. The van der Waals surface area contributed by atoms with Crippen LogP contribution in [0.15, 0.2) is 24.3 Å². The summed E-state index contributed by atoms with van der Waals surface area (Å²) < 4.78 is 38.3. The maximum Gasteiger partial charge on any atom is 0.379 e. The molecule has 0 aliphatic carbocycles. The summed E-state index contributed by atoms with van der Waals surface area (Å²) in [7, 11) is 1.04. The van der Waals surface area contributed by atoms with Gasteiger partial charge in [0.1, 0.15) is 30.9 Å². The Morgan fingerprint density at radius 2 is 1.57 bits per heavy atom. The molecule has 15 heteroatoms. The van der Waals surface area contributed by atoms with Crippen LogP contribution in [0.25, 0.3) is 0 Å². The summed E-state index contributed by atoms with van der Waals surface area (Å²) in [5.74, 6) is -7.48. The van der Waals surface area contributed by atoms with Gasteiger partial charge in [-0.1, -0.05) is 0 Å². The predicted molar refractivity (Wildman–Crippen MR) is 138 cm³/mol. The number of methoxy groups -OCH3 is 1. The molecule has 1 N–H and O–H groups in total. The summed E-state index contributed by atoms with van der Waals surface area (Å²) in [5.41, 5.74) is 0.296. The minimum absolute atomic E-state index is 0.0183. The van der Waals surface area contributed by atoms with Crippen LogP contribution in [0.5, 0.6) is 5.75 Å². The average Bonchev–Trinajstić information content (AvgIpc) is 2.90. The molecule has 1 heterocycles. The van der Waals surface area contributed by atoms with Crippen molar-refractivity contribution < 1.29 is 66.7 Å². The molecule has 6 atom stereocenters. The fourth-order valence-corrected chi connectivity index (χ4v) is 4.31. The van der Waals surface area contributed by atoms with Crippen molar-refractivity contribution in [1.29, 1.82) is 0 Å². The lowest BCUT2D eigenvalue weighted by atomic mass is 9.88. The van der Waals surface area contributed by atoms with Gasteiger partial charge in [-0.2, -0.15) is 0 Å². The molecule has 1 aliphatic heterocycles. The zero-order valence-corrected chi connectivity index (χ0v) is 23.9. The molecule has 0 bridgehead atoms. The number of ether oxygens (including phenoxy) is 7. The Morgan fingerprint density at radius 1 is 0.952 bits per heavy atom. The summed E-state index contributed by atoms with van der Waals surface area (Å²) in [4.78, 5) is 84.7. The van der Waals surface area contributed by atoms with Gasteiger partial charge in [-0.25, -0.2) is 4.79 Å². The van der Waals surface area contributed by atoms with Crippen LogP contribution in [0.2, 0.25) is 0 Å². The topological polar surface area (TPSA) is 196 Å². The first kappa shape index (κ1) is 33.7. The van der Waals surface area contributed by atoms with Crippen molar-refractivity contribution in [1.82, 2.24) is 5.32 Å². The maximum atomic E-state index is 13.3. The molecule has 15 nitrogen and oxygen atoms in total. The van der Waals surface area contributed by atoms with Crippen molar-refractivity contribution in [3.8, 4) is 5.75 Å².